The molecule has 0 aromatic carbocycles. The summed E-state index contributed by atoms with van der Waals surface area (Å²) in [5, 5.41) is 9.54. The molecule has 0 unspecified atom stereocenters. The Morgan fingerprint density at radius 1 is 1.30 bits per heavy atom. The summed E-state index contributed by atoms with van der Waals surface area (Å²) in [6.45, 7) is -0.303. The van der Waals surface area contributed by atoms with Crippen molar-refractivity contribution in [3.05, 3.63) is 0 Å². The van der Waals surface area contributed by atoms with Gasteiger partial charge in [-0.2, -0.15) is 13.1 Å². The predicted molar refractivity (Wildman–Crippen MR) is 60.8 cm³/mol. The first kappa shape index (κ1) is 15.2. The monoisotopic (exact) mass is 331 g/mol. The zero-order valence-corrected chi connectivity index (χ0v) is 11.9. The van der Waals surface area contributed by atoms with Crippen molar-refractivity contribution >= 4 is 19.9 Å². The van der Waals surface area contributed by atoms with Gasteiger partial charge in [-0.05, 0) is 10.4 Å². The molecule has 114 valence electrons. The van der Waals surface area contributed by atoms with Crippen molar-refractivity contribution in [1.82, 2.24) is 24.5 Å². The van der Waals surface area contributed by atoms with Crippen LogP contribution in [0.5, 0.6) is 0 Å². The van der Waals surface area contributed by atoms with E-state index in [2.05, 4.69) is 15.5 Å². The van der Waals surface area contributed by atoms with Gasteiger partial charge in [0.05, 0.1) is 5.75 Å². The Hall–Kier alpha value is -1.21. The van der Waals surface area contributed by atoms with E-state index < -0.39 is 37.3 Å². The molecule has 0 spiro atoms. The minimum atomic E-state index is -4.49. The maximum atomic E-state index is 12.2. The summed E-state index contributed by atoms with van der Waals surface area (Å²) in [6.07, 6.45) is 0. The zero-order chi connectivity index (χ0) is 15.1. The first-order valence-corrected chi connectivity index (χ1v) is 8.52. The van der Waals surface area contributed by atoms with Gasteiger partial charge in [0.2, 0.25) is 9.84 Å². The topological polar surface area (TPSA) is 115 Å². The van der Waals surface area contributed by atoms with Crippen LogP contribution in [0.3, 0.4) is 0 Å². The van der Waals surface area contributed by atoms with Crippen molar-refractivity contribution in [2.24, 2.45) is 13.0 Å². The number of hydrogen-bond acceptors (Lipinski definition) is 7. The fraction of sp³-hybridized carbons (Fsp3) is 0.857. The van der Waals surface area contributed by atoms with Gasteiger partial charge in [-0.15, -0.1) is 0 Å². The molecule has 1 saturated heterocycles. The van der Waals surface area contributed by atoms with E-state index in [0.717, 1.165) is 8.99 Å². The highest BCUT2D eigenvalue weighted by Crippen LogP contribution is 2.25. The fourth-order valence-corrected chi connectivity index (χ4v) is 4.35. The SMILES string of the molecule is Cn1nnnc1S(=O)(=O)N1CC(CS(=O)(=O)C(F)F)C1. The molecule has 0 aliphatic carbocycles. The van der Waals surface area contributed by atoms with Crippen molar-refractivity contribution in [2.75, 3.05) is 18.8 Å². The summed E-state index contributed by atoms with van der Waals surface area (Å²) in [4.78, 5) is 0. The molecule has 1 aliphatic heterocycles. The first-order valence-electron chi connectivity index (χ1n) is 5.37. The fourth-order valence-electron chi connectivity index (χ4n) is 1.78. The first-order chi connectivity index (χ1) is 9.14. The van der Waals surface area contributed by atoms with Crippen LogP contribution in [0.4, 0.5) is 8.78 Å². The molecule has 0 N–H and O–H groups in total. The molecule has 9 nitrogen and oxygen atoms in total. The van der Waals surface area contributed by atoms with E-state index in [-0.39, 0.29) is 18.2 Å². The largest absolute Gasteiger partial charge is 0.336 e. The zero-order valence-electron chi connectivity index (χ0n) is 10.2. The van der Waals surface area contributed by atoms with Gasteiger partial charge in [-0.25, -0.2) is 21.5 Å². The Balaban J connectivity index is 2.03. The van der Waals surface area contributed by atoms with Gasteiger partial charge in [-0.3, -0.25) is 0 Å². The lowest BCUT2D eigenvalue weighted by atomic mass is 10.1. The van der Waals surface area contributed by atoms with Gasteiger partial charge in [0.1, 0.15) is 0 Å². The Bertz CT molecular complexity index is 695. The molecular weight excluding hydrogens is 320 g/mol. The lowest BCUT2D eigenvalue weighted by Gasteiger charge is -2.36. The molecule has 1 aliphatic rings. The molecule has 13 heteroatoms. The summed E-state index contributed by atoms with van der Waals surface area (Å²) < 4.78 is 72.3. The Morgan fingerprint density at radius 3 is 2.35 bits per heavy atom. The molecule has 0 saturated carbocycles. The maximum absolute atomic E-state index is 12.2. The standard InChI is InChI=1S/C7H11F2N5O4S2/c1-13-7(10-11-12-13)20(17,18)14-2-5(3-14)4-19(15,16)6(8)9/h5-6H,2-4H2,1H3. The quantitative estimate of drug-likeness (QED) is 0.642. The van der Waals surface area contributed by atoms with Crippen LogP contribution >= 0.6 is 0 Å². The Morgan fingerprint density at radius 2 is 1.90 bits per heavy atom. The molecule has 1 aromatic rings. The third-order valence-corrected chi connectivity index (χ3v) is 6.08. The summed E-state index contributed by atoms with van der Waals surface area (Å²) in [5.41, 5.74) is 0. The van der Waals surface area contributed by atoms with Crippen LogP contribution in [0.15, 0.2) is 5.16 Å². The van der Waals surface area contributed by atoms with Crippen LogP contribution < -0.4 is 0 Å². The van der Waals surface area contributed by atoms with Crippen LogP contribution in [0.1, 0.15) is 0 Å². The highest BCUT2D eigenvalue weighted by molar-refractivity contribution is 7.91. The number of hydrogen-bond donors (Lipinski definition) is 0. The van der Waals surface area contributed by atoms with E-state index in [9.17, 15) is 25.6 Å². The molecule has 0 bridgehead atoms. The average Bonchev–Trinajstić information content (AvgIpc) is 2.69. The highest BCUT2D eigenvalue weighted by Gasteiger charge is 2.42. The number of aryl methyl sites for hydroxylation is 1. The Kier molecular flexibility index (Phi) is 3.77. The van der Waals surface area contributed by atoms with E-state index in [4.69, 9.17) is 0 Å². The normalized spacial score (nSPS) is 18.4. The number of rotatable bonds is 5. The van der Waals surface area contributed by atoms with E-state index >= 15 is 0 Å². The second kappa shape index (κ2) is 4.96. The highest BCUT2D eigenvalue weighted by atomic mass is 32.2. The third kappa shape index (κ3) is 2.64. The van der Waals surface area contributed by atoms with Gasteiger partial charge in [0, 0.05) is 26.1 Å². The number of alkyl halides is 2. The lowest BCUT2D eigenvalue weighted by molar-refractivity contribution is 0.206. The summed E-state index contributed by atoms with van der Waals surface area (Å²) in [7, 11) is -7.07. The van der Waals surface area contributed by atoms with Crippen molar-refractivity contribution in [3.63, 3.8) is 0 Å². The van der Waals surface area contributed by atoms with Gasteiger partial charge >= 0.3 is 5.76 Å². The third-order valence-electron chi connectivity index (χ3n) is 2.82. The molecule has 1 fully saturated rings. The van der Waals surface area contributed by atoms with Crippen LogP contribution in [0, 0.1) is 5.92 Å². The number of sulfone groups is 1. The smallest absolute Gasteiger partial charge is 0.223 e. The second-order valence-electron chi connectivity index (χ2n) is 4.36. The van der Waals surface area contributed by atoms with Gasteiger partial charge in [0.25, 0.3) is 15.2 Å². The number of aromatic nitrogens is 4. The van der Waals surface area contributed by atoms with Crippen LogP contribution in [0.25, 0.3) is 0 Å². The van der Waals surface area contributed by atoms with Crippen molar-refractivity contribution in [3.8, 4) is 0 Å². The van der Waals surface area contributed by atoms with Gasteiger partial charge in [0.15, 0.2) is 0 Å². The molecule has 1 aromatic heterocycles. The number of nitrogens with zero attached hydrogens (tertiary/aromatic N) is 5. The van der Waals surface area contributed by atoms with Crippen LogP contribution in [-0.4, -0.2) is 65.9 Å². The second-order valence-corrected chi connectivity index (χ2v) is 8.21. The van der Waals surface area contributed by atoms with Crippen LogP contribution in [-0.2, 0) is 26.9 Å². The summed E-state index contributed by atoms with van der Waals surface area (Å²) in [6, 6.07) is 0. The van der Waals surface area contributed by atoms with E-state index in [0.29, 0.717) is 0 Å². The summed E-state index contributed by atoms with van der Waals surface area (Å²) >= 11 is 0. The number of halogens is 2. The average molecular weight is 331 g/mol. The molecule has 0 amide bonds. The van der Waals surface area contributed by atoms with Gasteiger partial charge < -0.3 is 0 Å². The number of tetrazole rings is 1. The van der Waals surface area contributed by atoms with E-state index in [1.54, 1.807) is 0 Å². The molecule has 20 heavy (non-hydrogen) atoms. The lowest BCUT2D eigenvalue weighted by Crippen LogP contribution is -2.52. The molecular formula is C7H11F2N5O4S2. The minimum absolute atomic E-state index is 0.152. The molecule has 2 heterocycles. The van der Waals surface area contributed by atoms with Crippen molar-refractivity contribution in [2.45, 2.75) is 10.9 Å². The van der Waals surface area contributed by atoms with Crippen molar-refractivity contribution < 1.29 is 25.6 Å². The number of sulfonamides is 1. The van der Waals surface area contributed by atoms with Gasteiger partial charge in [-0.1, -0.05) is 5.10 Å². The van der Waals surface area contributed by atoms with E-state index in [1.807, 2.05) is 0 Å². The maximum Gasteiger partial charge on any atom is 0.336 e. The molecule has 0 radical (unpaired) electrons. The molecule has 0 atom stereocenters. The Labute approximate surface area is 113 Å². The van der Waals surface area contributed by atoms with Crippen LogP contribution in [0.2, 0.25) is 0 Å². The minimum Gasteiger partial charge on any atom is -0.223 e. The summed E-state index contributed by atoms with van der Waals surface area (Å²) in [5.74, 6) is -4.84. The molecule has 2 rings (SSSR count). The van der Waals surface area contributed by atoms with E-state index in [1.165, 1.54) is 7.05 Å². The van der Waals surface area contributed by atoms with Crippen molar-refractivity contribution in [1.29, 1.82) is 0 Å². The predicted octanol–water partition coefficient (Wildman–Crippen LogP) is -1.53.